The molecular weight excluding hydrogens is 441 g/mol. The maximum absolute atomic E-state index is 15.1. The van der Waals surface area contributed by atoms with Crippen molar-refractivity contribution in [2.75, 3.05) is 31.6 Å². The van der Waals surface area contributed by atoms with E-state index in [9.17, 15) is 13.6 Å². The number of carbonyl (C=O) groups excluding carboxylic acids is 1. The van der Waals surface area contributed by atoms with Gasteiger partial charge in [0.05, 0.1) is 13.2 Å². The van der Waals surface area contributed by atoms with Crippen LogP contribution in [0.5, 0.6) is 5.88 Å². The summed E-state index contributed by atoms with van der Waals surface area (Å²) < 4.78 is 60.1. The number of hydrogen-bond donors (Lipinski definition) is 1. The van der Waals surface area contributed by atoms with E-state index < -0.39 is 35.1 Å². The van der Waals surface area contributed by atoms with Gasteiger partial charge in [0.2, 0.25) is 5.82 Å². The number of nitrogens with zero attached hydrogens (tertiary/aromatic N) is 3. The van der Waals surface area contributed by atoms with E-state index in [-0.39, 0.29) is 29.4 Å². The molecule has 3 heterocycles. The Kier molecular flexibility index (Phi) is 5.51. The number of rotatable bonds is 5. The van der Waals surface area contributed by atoms with Gasteiger partial charge in [0.15, 0.2) is 5.82 Å². The molecule has 2 aliphatic heterocycles. The lowest BCUT2D eigenvalue weighted by molar-refractivity contribution is -0.112. The Hall–Kier alpha value is -3.08. The summed E-state index contributed by atoms with van der Waals surface area (Å²) in [5.74, 6) is -3.93. The van der Waals surface area contributed by atoms with Crippen LogP contribution in [0.15, 0.2) is 24.5 Å². The van der Waals surface area contributed by atoms with Gasteiger partial charge in [-0.3, -0.25) is 0 Å². The molecule has 2 atom stereocenters. The highest BCUT2D eigenvalue weighted by molar-refractivity contribution is 5.68. The van der Waals surface area contributed by atoms with Gasteiger partial charge in [0.1, 0.15) is 35.4 Å². The van der Waals surface area contributed by atoms with Crippen LogP contribution in [0.1, 0.15) is 19.8 Å². The fraction of sp³-hybridized carbons (Fsp3) is 0.500. The number of hydrogen-bond acceptors (Lipinski definition) is 7. The summed E-state index contributed by atoms with van der Waals surface area (Å²) >= 11 is 0. The van der Waals surface area contributed by atoms with Crippen molar-refractivity contribution in [3.8, 4) is 5.88 Å². The number of halogens is 3. The number of likely N-dealkylation sites (tertiary alicyclic amines) is 1. The highest BCUT2D eigenvalue weighted by Gasteiger charge is 2.47. The van der Waals surface area contributed by atoms with Crippen molar-refractivity contribution in [2.24, 2.45) is 11.8 Å². The molecule has 2 aromatic rings. The van der Waals surface area contributed by atoms with Crippen molar-refractivity contribution in [3.05, 3.63) is 42.0 Å². The van der Waals surface area contributed by atoms with E-state index in [2.05, 4.69) is 15.3 Å². The Labute approximate surface area is 188 Å². The van der Waals surface area contributed by atoms with Gasteiger partial charge in [0, 0.05) is 24.9 Å². The van der Waals surface area contributed by atoms with Gasteiger partial charge in [-0.25, -0.2) is 18.6 Å². The lowest BCUT2D eigenvalue weighted by Crippen LogP contribution is -2.59. The van der Waals surface area contributed by atoms with E-state index in [0.717, 1.165) is 31.3 Å². The highest BCUT2D eigenvalue weighted by Crippen LogP contribution is 2.40. The Morgan fingerprint density at radius 3 is 2.45 bits per heavy atom. The number of para-hydroxylation sites is 1. The second-order valence-electron chi connectivity index (χ2n) is 8.93. The molecule has 1 aromatic carbocycles. The van der Waals surface area contributed by atoms with Crippen LogP contribution < -0.4 is 10.1 Å². The minimum Gasteiger partial charge on any atom is -0.471 e. The van der Waals surface area contributed by atoms with Crippen molar-refractivity contribution in [3.63, 3.8) is 0 Å². The number of amides is 1. The quantitative estimate of drug-likeness (QED) is 0.723. The molecule has 1 amide bonds. The molecule has 8 nitrogen and oxygen atoms in total. The molecular formula is C22H23F3N4O4. The summed E-state index contributed by atoms with van der Waals surface area (Å²) in [6, 6.07) is 3.30. The second-order valence-corrected chi connectivity index (χ2v) is 8.93. The van der Waals surface area contributed by atoms with Crippen LogP contribution in [-0.2, 0) is 9.47 Å². The average molecular weight is 464 g/mol. The lowest BCUT2D eigenvalue weighted by atomic mass is 9.84. The molecule has 0 spiro atoms. The molecule has 3 aliphatic rings. The molecule has 1 aliphatic carbocycles. The third kappa shape index (κ3) is 4.41. The number of carbonyl (C=O) groups is 1. The molecule has 2 bridgehead atoms. The number of fused-ring (bicyclic) bond motifs is 2. The molecule has 11 heteroatoms. The molecule has 0 radical (unpaired) electrons. The Balaban J connectivity index is 1.31. The molecule has 2 saturated heterocycles. The molecule has 2 unspecified atom stereocenters. The minimum absolute atomic E-state index is 0.216. The fourth-order valence-corrected chi connectivity index (χ4v) is 4.18. The van der Waals surface area contributed by atoms with E-state index >= 15 is 4.39 Å². The zero-order valence-corrected chi connectivity index (χ0v) is 17.9. The normalized spacial score (nSPS) is 25.3. The molecule has 33 heavy (non-hydrogen) atoms. The maximum Gasteiger partial charge on any atom is 0.410 e. The molecule has 1 aromatic heterocycles. The van der Waals surface area contributed by atoms with Crippen molar-refractivity contribution in [1.82, 2.24) is 14.9 Å². The predicted octanol–water partition coefficient (Wildman–Crippen LogP) is 3.65. The zero-order valence-electron chi connectivity index (χ0n) is 17.9. The van der Waals surface area contributed by atoms with Gasteiger partial charge in [-0.1, -0.05) is 6.07 Å². The topological polar surface area (TPSA) is 85.8 Å². The first kappa shape index (κ1) is 21.7. The first-order chi connectivity index (χ1) is 15.8. The van der Waals surface area contributed by atoms with Gasteiger partial charge >= 0.3 is 6.09 Å². The summed E-state index contributed by atoms with van der Waals surface area (Å²) in [6.07, 6.45) is 1.94. The number of anilines is 2. The summed E-state index contributed by atoms with van der Waals surface area (Å²) in [6.45, 7) is 3.25. The minimum atomic E-state index is -0.970. The fourth-order valence-electron chi connectivity index (χ4n) is 4.18. The zero-order chi connectivity index (χ0) is 23.2. The van der Waals surface area contributed by atoms with Crippen LogP contribution in [-0.4, -0.2) is 59.0 Å². The Bertz CT molecular complexity index is 1030. The van der Waals surface area contributed by atoms with E-state index in [1.165, 1.54) is 6.07 Å². The van der Waals surface area contributed by atoms with Crippen LogP contribution in [0.25, 0.3) is 0 Å². The molecule has 1 saturated carbocycles. The first-order valence-corrected chi connectivity index (χ1v) is 10.8. The maximum atomic E-state index is 15.1. The van der Waals surface area contributed by atoms with E-state index in [1.54, 1.807) is 4.90 Å². The van der Waals surface area contributed by atoms with Gasteiger partial charge < -0.3 is 24.4 Å². The standard InChI is InChI=1S/C22H23F3N4O4/c1-22(5-6-22)33-21(30)29-7-12-9-31-10-13(8-29)18(12)32-20-16(25)19(26-11-27-20)28-17-14(23)3-2-4-15(17)24/h2-4,11-13,18H,5-10H2,1H3,(H,26,27,28). The second kappa shape index (κ2) is 8.36. The summed E-state index contributed by atoms with van der Waals surface area (Å²) in [5.41, 5.74) is -0.899. The molecule has 5 rings (SSSR count). The summed E-state index contributed by atoms with van der Waals surface area (Å²) in [4.78, 5) is 21.8. The average Bonchev–Trinajstić information content (AvgIpc) is 3.49. The van der Waals surface area contributed by atoms with Crippen LogP contribution >= 0.6 is 0 Å². The van der Waals surface area contributed by atoms with E-state index in [1.807, 2.05) is 6.92 Å². The van der Waals surface area contributed by atoms with Crippen LogP contribution in [0.4, 0.5) is 29.5 Å². The predicted molar refractivity (Wildman–Crippen MR) is 110 cm³/mol. The highest BCUT2D eigenvalue weighted by atomic mass is 19.1. The lowest BCUT2D eigenvalue weighted by Gasteiger charge is -2.46. The molecule has 1 N–H and O–H groups in total. The van der Waals surface area contributed by atoms with Crippen molar-refractivity contribution in [2.45, 2.75) is 31.5 Å². The molecule has 176 valence electrons. The smallest absolute Gasteiger partial charge is 0.410 e. The Morgan fingerprint density at radius 1 is 1.15 bits per heavy atom. The number of ether oxygens (including phenoxy) is 3. The Morgan fingerprint density at radius 2 is 1.82 bits per heavy atom. The molecule has 3 fully saturated rings. The van der Waals surface area contributed by atoms with Crippen LogP contribution in [0.2, 0.25) is 0 Å². The van der Waals surface area contributed by atoms with Gasteiger partial charge in [-0.15, -0.1) is 0 Å². The van der Waals surface area contributed by atoms with Gasteiger partial charge in [0.25, 0.3) is 5.88 Å². The summed E-state index contributed by atoms with van der Waals surface area (Å²) in [7, 11) is 0. The van der Waals surface area contributed by atoms with Crippen molar-refractivity contribution < 1.29 is 32.2 Å². The van der Waals surface area contributed by atoms with Crippen LogP contribution in [0, 0.1) is 29.3 Å². The number of piperidine rings is 1. The van der Waals surface area contributed by atoms with Gasteiger partial charge in [-0.2, -0.15) is 9.37 Å². The largest absolute Gasteiger partial charge is 0.471 e. The number of nitrogens with one attached hydrogen (secondary N) is 1. The van der Waals surface area contributed by atoms with Crippen LogP contribution in [0.3, 0.4) is 0 Å². The van der Waals surface area contributed by atoms with Crippen molar-refractivity contribution in [1.29, 1.82) is 0 Å². The van der Waals surface area contributed by atoms with Gasteiger partial charge in [-0.05, 0) is 31.9 Å². The van der Waals surface area contributed by atoms with E-state index in [0.29, 0.717) is 26.3 Å². The summed E-state index contributed by atoms with van der Waals surface area (Å²) in [5, 5.41) is 2.34. The number of benzene rings is 1. The van der Waals surface area contributed by atoms with Crippen molar-refractivity contribution >= 4 is 17.6 Å². The van der Waals surface area contributed by atoms with E-state index in [4.69, 9.17) is 14.2 Å². The third-order valence-electron chi connectivity index (χ3n) is 6.26. The number of aromatic nitrogens is 2. The third-order valence-corrected chi connectivity index (χ3v) is 6.26. The SMILES string of the molecule is CC1(OC(=O)N2CC3COCC(C2)C3Oc2ncnc(Nc3c(F)cccc3F)c2F)CC1. The monoisotopic (exact) mass is 464 g/mol. The first-order valence-electron chi connectivity index (χ1n) is 10.8.